The van der Waals surface area contributed by atoms with Gasteiger partial charge in [0.25, 0.3) is 0 Å². The molecule has 1 atom stereocenters. The highest BCUT2D eigenvalue weighted by Crippen LogP contribution is 2.21. The van der Waals surface area contributed by atoms with Gasteiger partial charge in [0.05, 0.1) is 31.5 Å². The number of aromatic nitrogens is 2. The number of methoxy groups -OCH3 is 1. The molecule has 0 spiro atoms. The minimum atomic E-state index is -0.347. The topological polar surface area (TPSA) is 62.6 Å². The molecule has 1 aromatic heterocycles. The van der Waals surface area contributed by atoms with Gasteiger partial charge < -0.3 is 14.2 Å². The molecule has 0 saturated carbocycles. The van der Waals surface area contributed by atoms with Crippen LogP contribution in [0.4, 0.5) is 0 Å². The Balaban J connectivity index is 1.65. The van der Waals surface area contributed by atoms with Crippen LogP contribution in [0.1, 0.15) is 29.6 Å². The maximum atomic E-state index is 11.7. The second-order valence-corrected chi connectivity index (χ2v) is 5.68. The third-order valence-corrected chi connectivity index (χ3v) is 4.04. The molecule has 128 valence electrons. The Morgan fingerprint density at radius 2 is 2.29 bits per heavy atom. The number of hydrogen-bond acceptors (Lipinski definition) is 5. The molecule has 1 unspecified atom stereocenters. The maximum Gasteiger partial charge on any atom is 0.337 e. The second kappa shape index (κ2) is 8.08. The van der Waals surface area contributed by atoms with Crippen molar-refractivity contribution in [1.29, 1.82) is 0 Å². The van der Waals surface area contributed by atoms with E-state index in [1.807, 2.05) is 28.9 Å². The molecule has 1 saturated heterocycles. The summed E-state index contributed by atoms with van der Waals surface area (Å²) in [5.74, 6) is -0.347. The monoisotopic (exact) mass is 330 g/mol. The molecule has 1 aromatic carbocycles. The first-order valence-corrected chi connectivity index (χ1v) is 8.21. The van der Waals surface area contributed by atoms with E-state index in [2.05, 4.69) is 5.10 Å². The zero-order valence-electron chi connectivity index (χ0n) is 13.8. The van der Waals surface area contributed by atoms with Crippen molar-refractivity contribution in [1.82, 2.24) is 9.78 Å². The van der Waals surface area contributed by atoms with E-state index in [0.29, 0.717) is 18.7 Å². The van der Waals surface area contributed by atoms with E-state index in [1.54, 1.807) is 12.3 Å². The highest BCUT2D eigenvalue weighted by atomic mass is 16.7. The molecule has 6 heteroatoms. The summed E-state index contributed by atoms with van der Waals surface area (Å²) in [6.45, 7) is 1.94. The summed E-state index contributed by atoms with van der Waals surface area (Å²) >= 11 is 0. The molecule has 24 heavy (non-hydrogen) atoms. The smallest absolute Gasteiger partial charge is 0.337 e. The van der Waals surface area contributed by atoms with Crippen molar-refractivity contribution < 1.29 is 19.0 Å². The molecule has 0 amide bonds. The van der Waals surface area contributed by atoms with E-state index in [0.717, 1.165) is 37.1 Å². The van der Waals surface area contributed by atoms with Crippen molar-refractivity contribution >= 4 is 5.97 Å². The summed E-state index contributed by atoms with van der Waals surface area (Å²) in [5.41, 5.74) is 2.38. The third-order valence-electron chi connectivity index (χ3n) is 4.04. The largest absolute Gasteiger partial charge is 0.465 e. The fraction of sp³-hybridized carbons (Fsp3) is 0.444. The van der Waals surface area contributed by atoms with Gasteiger partial charge in [-0.2, -0.15) is 5.10 Å². The highest BCUT2D eigenvalue weighted by molar-refractivity contribution is 5.90. The third kappa shape index (κ3) is 4.01. The van der Waals surface area contributed by atoms with Crippen molar-refractivity contribution in [2.75, 3.05) is 20.3 Å². The van der Waals surface area contributed by atoms with Gasteiger partial charge in [-0.15, -0.1) is 0 Å². The molecule has 3 rings (SSSR count). The molecule has 0 N–H and O–H groups in total. The van der Waals surface area contributed by atoms with Gasteiger partial charge in [0.15, 0.2) is 6.29 Å². The zero-order valence-corrected chi connectivity index (χ0v) is 13.8. The van der Waals surface area contributed by atoms with Crippen LogP contribution in [0.25, 0.3) is 11.3 Å². The van der Waals surface area contributed by atoms with Crippen molar-refractivity contribution in [3.05, 3.63) is 42.1 Å². The normalized spacial score (nSPS) is 17.6. The molecule has 2 aromatic rings. The molecule has 6 nitrogen and oxygen atoms in total. The lowest BCUT2D eigenvalue weighted by molar-refractivity contribution is -0.163. The first-order valence-electron chi connectivity index (χ1n) is 8.21. The maximum absolute atomic E-state index is 11.7. The summed E-state index contributed by atoms with van der Waals surface area (Å²) in [5, 5.41) is 4.35. The number of hydrogen-bond donors (Lipinski definition) is 0. The minimum absolute atomic E-state index is 0.0968. The summed E-state index contributed by atoms with van der Waals surface area (Å²) in [6.07, 6.45) is 4.86. The summed E-state index contributed by atoms with van der Waals surface area (Å²) in [7, 11) is 1.38. The molecular weight excluding hydrogens is 308 g/mol. The molecule has 0 aliphatic carbocycles. The second-order valence-electron chi connectivity index (χ2n) is 5.68. The first-order chi connectivity index (χ1) is 11.8. The van der Waals surface area contributed by atoms with E-state index >= 15 is 0 Å². The Hall–Kier alpha value is -2.18. The van der Waals surface area contributed by atoms with Crippen molar-refractivity contribution in [2.45, 2.75) is 32.1 Å². The predicted molar refractivity (Wildman–Crippen MR) is 88.5 cm³/mol. The molecule has 2 heterocycles. The molecule has 0 bridgehead atoms. The molecule has 1 fully saturated rings. The summed E-state index contributed by atoms with van der Waals surface area (Å²) in [6, 6.07) is 9.26. The fourth-order valence-electron chi connectivity index (χ4n) is 2.79. The van der Waals surface area contributed by atoms with E-state index < -0.39 is 0 Å². The molecule has 1 aliphatic heterocycles. The SMILES string of the molecule is COC(=O)c1cccc(-c2ccnn2CCOC2CCCCO2)c1. The Morgan fingerprint density at radius 3 is 3.08 bits per heavy atom. The number of benzene rings is 1. The van der Waals surface area contributed by atoms with Crippen LogP contribution in [0, 0.1) is 0 Å². The van der Waals surface area contributed by atoms with Gasteiger partial charge in [-0.1, -0.05) is 12.1 Å². The summed E-state index contributed by atoms with van der Waals surface area (Å²) in [4.78, 5) is 11.7. The van der Waals surface area contributed by atoms with Crippen LogP contribution in [-0.4, -0.2) is 42.4 Å². The van der Waals surface area contributed by atoms with E-state index in [9.17, 15) is 4.79 Å². The Labute approximate surface area is 141 Å². The van der Waals surface area contributed by atoms with Crippen LogP contribution in [0.2, 0.25) is 0 Å². The average molecular weight is 330 g/mol. The van der Waals surface area contributed by atoms with Gasteiger partial charge >= 0.3 is 5.97 Å². The van der Waals surface area contributed by atoms with Crippen LogP contribution >= 0.6 is 0 Å². The standard InChI is InChI=1S/C18H22N2O4/c1-22-18(21)15-6-4-5-14(13-15)16-8-9-19-20(16)10-12-24-17-7-2-3-11-23-17/h4-6,8-9,13,17H,2-3,7,10-12H2,1H3. The van der Waals surface area contributed by atoms with Crippen molar-refractivity contribution in [3.8, 4) is 11.3 Å². The van der Waals surface area contributed by atoms with Crippen LogP contribution < -0.4 is 0 Å². The zero-order chi connectivity index (χ0) is 16.8. The van der Waals surface area contributed by atoms with Gasteiger partial charge in [0.1, 0.15) is 0 Å². The lowest BCUT2D eigenvalue weighted by Gasteiger charge is -2.22. The van der Waals surface area contributed by atoms with E-state index in [1.165, 1.54) is 7.11 Å². The van der Waals surface area contributed by atoms with Gasteiger partial charge in [0.2, 0.25) is 0 Å². The number of ether oxygens (including phenoxy) is 3. The van der Waals surface area contributed by atoms with Crippen LogP contribution in [-0.2, 0) is 20.8 Å². The number of rotatable bonds is 6. The Kier molecular flexibility index (Phi) is 5.61. The predicted octanol–water partition coefficient (Wildman–Crippen LogP) is 2.88. The highest BCUT2D eigenvalue weighted by Gasteiger charge is 2.14. The molecule has 0 radical (unpaired) electrons. The first kappa shape index (κ1) is 16.7. The van der Waals surface area contributed by atoms with E-state index in [4.69, 9.17) is 14.2 Å². The van der Waals surface area contributed by atoms with Gasteiger partial charge in [-0.3, -0.25) is 4.68 Å². The number of esters is 1. The Bertz CT molecular complexity index is 677. The van der Waals surface area contributed by atoms with Gasteiger partial charge in [0, 0.05) is 18.4 Å². The number of carbonyl (C=O) groups is 1. The summed E-state index contributed by atoms with van der Waals surface area (Å²) < 4.78 is 18.0. The molecular formula is C18H22N2O4. The van der Waals surface area contributed by atoms with Crippen LogP contribution in [0.5, 0.6) is 0 Å². The lowest BCUT2D eigenvalue weighted by Crippen LogP contribution is -2.24. The minimum Gasteiger partial charge on any atom is -0.465 e. The number of nitrogens with zero attached hydrogens (tertiary/aromatic N) is 2. The van der Waals surface area contributed by atoms with Crippen molar-refractivity contribution in [3.63, 3.8) is 0 Å². The van der Waals surface area contributed by atoms with Crippen molar-refractivity contribution in [2.24, 2.45) is 0 Å². The molecule has 1 aliphatic rings. The Morgan fingerprint density at radius 1 is 1.38 bits per heavy atom. The van der Waals surface area contributed by atoms with Gasteiger partial charge in [-0.05, 0) is 37.5 Å². The van der Waals surface area contributed by atoms with Crippen LogP contribution in [0.15, 0.2) is 36.5 Å². The fourth-order valence-corrected chi connectivity index (χ4v) is 2.79. The van der Waals surface area contributed by atoms with Gasteiger partial charge in [-0.25, -0.2) is 4.79 Å². The number of carbonyl (C=O) groups excluding carboxylic acids is 1. The van der Waals surface area contributed by atoms with E-state index in [-0.39, 0.29) is 12.3 Å². The lowest BCUT2D eigenvalue weighted by atomic mass is 10.1. The van der Waals surface area contributed by atoms with Crippen LogP contribution in [0.3, 0.4) is 0 Å². The average Bonchev–Trinajstić information content (AvgIpc) is 3.10. The quantitative estimate of drug-likeness (QED) is 0.762.